The molecule has 0 bridgehead atoms. The number of aryl methyl sites for hydroxylation is 1. The summed E-state index contributed by atoms with van der Waals surface area (Å²) in [6.45, 7) is 2.48. The Balaban J connectivity index is 1.74. The van der Waals surface area contributed by atoms with Crippen molar-refractivity contribution in [1.29, 1.82) is 0 Å². The quantitative estimate of drug-likeness (QED) is 0.635. The number of guanidine groups is 1. The van der Waals surface area contributed by atoms with Crippen molar-refractivity contribution in [2.75, 3.05) is 13.8 Å². The first-order chi connectivity index (χ1) is 15.0. The predicted octanol–water partition coefficient (Wildman–Crippen LogP) is 4.90. The van der Waals surface area contributed by atoms with Crippen molar-refractivity contribution in [3.05, 3.63) is 76.6 Å². The van der Waals surface area contributed by atoms with Gasteiger partial charge in [0.05, 0.1) is 16.1 Å². The molecule has 0 saturated carbocycles. The van der Waals surface area contributed by atoms with Crippen LogP contribution in [0.15, 0.2) is 59.9 Å². The molecule has 0 fully saturated rings. The monoisotopic (exact) mass is 434 g/mol. The second-order valence-electron chi connectivity index (χ2n) is 7.87. The van der Waals surface area contributed by atoms with Crippen molar-refractivity contribution in [2.24, 2.45) is 10.7 Å². The Morgan fingerprint density at radius 3 is 2.58 bits per heavy atom. The third kappa shape index (κ3) is 3.32. The molecular weight excluding hydrogens is 412 g/mol. The standard InChI is InChI=1S/C24H23ClN4O2/c1-3-4-15-5-7-21-19(9-15)24(28-23(26)29(2)14-30-24)20-11-16(6-8-22(20)31-21)17-10-18(25)13-27-12-17/h5-13H,3-4,14H2,1-2H3,(H2,26,28). The van der Waals surface area contributed by atoms with Crippen molar-refractivity contribution in [3.63, 3.8) is 0 Å². The minimum absolute atomic E-state index is 0.315. The highest BCUT2D eigenvalue weighted by atomic mass is 35.5. The highest BCUT2D eigenvalue weighted by Gasteiger charge is 2.46. The molecule has 5 rings (SSSR count). The maximum absolute atomic E-state index is 6.43. The molecule has 0 saturated heterocycles. The van der Waals surface area contributed by atoms with Crippen molar-refractivity contribution >= 4 is 17.6 Å². The smallest absolute Gasteiger partial charge is 0.223 e. The molecule has 1 unspecified atom stereocenters. The molecule has 2 N–H and O–H groups in total. The molecule has 2 aromatic carbocycles. The second-order valence-corrected chi connectivity index (χ2v) is 8.31. The van der Waals surface area contributed by atoms with E-state index in [1.807, 2.05) is 37.4 Å². The molecular formula is C24H23ClN4O2. The first-order valence-corrected chi connectivity index (χ1v) is 10.6. The maximum Gasteiger partial charge on any atom is 0.223 e. The number of nitrogens with two attached hydrogens (primary N) is 1. The summed E-state index contributed by atoms with van der Waals surface area (Å²) in [4.78, 5) is 10.9. The predicted molar refractivity (Wildman–Crippen MR) is 121 cm³/mol. The van der Waals surface area contributed by atoms with E-state index in [2.05, 4.69) is 24.0 Å². The highest BCUT2D eigenvalue weighted by Crippen LogP contribution is 2.51. The summed E-state index contributed by atoms with van der Waals surface area (Å²) in [6, 6.07) is 14.0. The molecule has 2 aliphatic heterocycles. The van der Waals surface area contributed by atoms with Gasteiger partial charge in [-0.1, -0.05) is 37.1 Å². The largest absolute Gasteiger partial charge is 0.456 e. The average molecular weight is 435 g/mol. The number of pyridine rings is 1. The lowest BCUT2D eigenvalue weighted by Crippen LogP contribution is -2.48. The Morgan fingerprint density at radius 2 is 1.84 bits per heavy atom. The Morgan fingerprint density at radius 1 is 1.06 bits per heavy atom. The van der Waals surface area contributed by atoms with Gasteiger partial charge in [-0.2, -0.15) is 0 Å². The molecule has 3 heterocycles. The molecule has 2 aliphatic rings. The van der Waals surface area contributed by atoms with E-state index < -0.39 is 5.72 Å². The number of aliphatic imine (C=N–C) groups is 1. The van der Waals surface area contributed by atoms with Gasteiger partial charge in [0.2, 0.25) is 5.72 Å². The summed E-state index contributed by atoms with van der Waals surface area (Å²) in [6.07, 6.45) is 5.41. The highest BCUT2D eigenvalue weighted by molar-refractivity contribution is 6.30. The minimum Gasteiger partial charge on any atom is -0.456 e. The molecule has 31 heavy (non-hydrogen) atoms. The van der Waals surface area contributed by atoms with E-state index in [-0.39, 0.29) is 0 Å². The molecule has 6 nitrogen and oxygen atoms in total. The fourth-order valence-electron chi connectivity index (χ4n) is 4.08. The van der Waals surface area contributed by atoms with Crippen LogP contribution >= 0.6 is 11.6 Å². The zero-order valence-corrected chi connectivity index (χ0v) is 18.2. The molecule has 1 spiro atoms. The number of nitrogens with zero attached hydrogens (tertiary/aromatic N) is 3. The van der Waals surface area contributed by atoms with Crippen molar-refractivity contribution < 1.29 is 9.47 Å². The Hall–Kier alpha value is -3.09. The lowest BCUT2D eigenvalue weighted by molar-refractivity contribution is -0.0665. The number of benzene rings is 2. The topological polar surface area (TPSA) is 73.0 Å². The van der Waals surface area contributed by atoms with Gasteiger partial charge in [-0.15, -0.1) is 0 Å². The number of aromatic nitrogens is 1. The van der Waals surface area contributed by atoms with Crippen LogP contribution in [0.3, 0.4) is 0 Å². The number of rotatable bonds is 3. The van der Waals surface area contributed by atoms with Gasteiger partial charge in [0, 0.05) is 25.0 Å². The Labute approximate surface area is 186 Å². The van der Waals surface area contributed by atoms with Gasteiger partial charge in [0.25, 0.3) is 0 Å². The molecule has 1 aromatic heterocycles. The average Bonchev–Trinajstić information content (AvgIpc) is 2.77. The van der Waals surface area contributed by atoms with Crippen LogP contribution in [-0.4, -0.2) is 29.6 Å². The molecule has 7 heteroatoms. The van der Waals surface area contributed by atoms with Gasteiger partial charge >= 0.3 is 0 Å². The molecule has 0 amide bonds. The fourth-order valence-corrected chi connectivity index (χ4v) is 4.26. The van der Waals surface area contributed by atoms with Gasteiger partial charge in [0.1, 0.15) is 18.2 Å². The van der Waals surface area contributed by atoms with Crippen LogP contribution in [0, 0.1) is 0 Å². The number of hydrogen-bond acceptors (Lipinski definition) is 6. The Bertz CT molecular complexity index is 1200. The number of hydrogen-bond donors (Lipinski definition) is 1. The fraction of sp³-hybridized carbons (Fsp3) is 0.250. The SMILES string of the molecule is CCCc1ccc2c(c1)C1(N=C(N)N(C)CO1)c1cc(-c3cncc(Cl)c3)ccc1O2. The van der Waals surface area contributed by atoms with Crippen molar-refractivity contribution in [3.8, 4) is 22.6 Å². The van der Waals surface area contributed by atoms with Crippen molar-refractivity contribution in [2.45, 2.75) is 25.5 Å². The third-order valence-corrected chi connectivity index (χ3v) is 5.89. The molecule has 0 radical (unpaired) electrons. The molecule has 0 aliphatic carbocycles. The summed E-state index contributed by atoms with van der Waals surface area (Å²) in [5, 5.41) is 0.577. The second kappa shape index (κ2) is 7.55. The van der Waals surface area contributed by atoms with Gasteiger partial charge in [-0.3, -0.25) is 4.98 Å². The number of halogens is 1. The molecule has 1 atom stereocenters. The third-order valence-electron chi connectivity index (χ3n) is 5.68. The summed E-state index contributed by atoms with van der Waals surface area (Å²) in [7, 11) is 1.86. The maximum atomic E-state index is 6.43. The van der Waals surface area contributed by atoms with E-state index in [0.717, 1.165) is 40.8 Å². The summed E-state index contributed by atoms with van der Waals surface area (Å²) in [5.74, 6) is 1.84. The number of ether oxygens (including phenoxy) is 2. The van der Waals surface area contributed by atoms with Gasteiger partial charge < -0.3 is 20.1 Å². The molecule has 158 valence electrons. The lowest BCUT2D eigenvalue weighted by Gasteiger charge is -2.41. The first-order valence-electron chi connectivity index (χ1n) is 10.3. The van der Waals surface area contributed by atoms with Crippen LogP contribution in [-0.2, 0) is 16.9 Å². The zero-order valence-electron chi connectivity index (χ0n) is 17.4. The minimum atomic E-state index is -1.08. The summed E-state index contributed by atoms with van der Waals surface area (Å²) >= 11 is 6.17. The summed E-state index contributed by atoms with van der Waals surface area (Å²) in [5.41, 5.74) is 9.94. The lowest BCUT2D eigenvalue weighted by atomic mass is 9.87. The zero-order chi connectivity index (χ0) is 21.6. The van der Waals surface area contributed by atoms with Gasteiger partial charge in [0.15, 0.2) is 5.96 Å². The van der Waals surface area contributed by atoms with E-state index in [1.165, 1.54) is 5.56 Å². The first kappa shape index (κ1) is 19.8. The van der Waals surface area contributed by atoms with E-state index in [0.29, 0.717) is 23.5 Å². The van der Waals surface area contributed by atoms with Crippen molar-refractivity contribution in [1.82, 2.24) is 9.88 Å². The van der Waals surface area contributed by atoms with E-state index in [9.17, 15) is 0 Å². The van der Waals surface area contributed by atoms with E-state index in [4.69, 9.17) is 31.8 Å². The number of fused-ring (bicyclic) bond motifs is 4. The van der Waals surface area contributed by atoms with Crippen LogP contribution in [0.5, 0.6) is 11.5 Å². The van der Waals surface area contributed by atoms with Crippen LogP contribution < -0.4 is 10.5 Å². The van der Waals surface area contributed by atoms with Crippen LogP contribution in [0.25, 0.3) is 11.1 Å². The van der Waals surface area contributed by atoms with Crippen LogP contribution in [0.4, 0.5) is 0 Å². The van der Waals surface area contributed by atoms with E-state index in [1.54, 1.807) is 17.3 Å². The van der Waals surface area contributed by atoms with Gasteiger partial charge in [-0.25, -0.2) is 4.99 Å². The normalized spacial score (nSPS) is 19.5. The van der Waals surface area contributed by atoms with E-state index >= 15 is 0 Å². The molecule has 3 aromatic rings. The van der Waals surface area contributed by atoms with Crippen LogP contribution in [0.2, 0.25) is 5.02 Å². The van der Waals surface area contributed by atoms with Gasteiger partial charge in [-0.05, 0) is 47.9 Å². The Kier molecular flexibility index (Phi) is 4.84. The van der Waals surface area contributed by atoms with Crippen LogP contribution in [0.1, 0.15) is 30.0 Å². The summed E-state index contributed by atoms with van der Waals surface area (Å²) < 4.78 is 12.7.